The van der Waals surface area contributed by atoms with Crippen molar-refractivity contribution in [3.8, 4) is 0 Å². The lowest BCUT2D eigenvalue weighted by atomic mass is 10.0. The first-order chi connectivity index (χ1) is 8.67. The zero-order valence-electron chi connectivity index (χ0n) is 12.5. The topological polar surface area (TPSA) is 41.9 Å². The first-order valence-corrected chi connectivity index (χ1v) is 7.14. The number of aliphatic hydroxyl groups is 1. The molecule has 0 bridgehead atoms. The molecule has 1 atom stereocenters. The lowest BCUT2D eigenvalue weighted by molar-refractivity contribution is -0.00177. The summed E-state index contributed by atoms with van der Waals surface area (Å²) in [6.45, 7) is 10.9. The van der Waals surface area contributed by atoms with E-state index >= 15 is 0 Å². The third-order valence-electron chi connectivity index (χ3n) is 3.33. The van der Waals surface area contributed by atoms with Crippen molar-refractivity contribution in [1.29, 1.82) is 0 Å². The van der Waals surface area contributed by atoms with Gasteiger partial charge in [-0.2, -0.15) is 0 Å². The SMILES string of the molecule is CCC(CC)CN(CC)CC(O)COCCOC. The number of nitrogens with zero attached hydrogens (tertiary/aromatic N) is 1. The zero-order chi connectivity index (χ0) is 13.8. The van der Waals surface area contributed by atoms with Crippen LogP contribution in [0, 0.1) is 5.92 Å². The Labute approximate surface area is 112 Å². The normalized spacial score (nSPS) is 13.5. The van der Waals surface area contributed by atoms with Crippen LogP contribution in [-0.4, -0.2) is 62.7 Å². The summed E-state index contributed by atoms with van der Waals surface area (Å²) < 4.78 is 10.2. The first-order valence-electron chi connectivity index (χ1n) is 7.14. The molecule has 4 nitrogen and oxygen atoms in total. The molecule has 0 saturated heterocycles. The van der Waals surface area contributed by atoms with Crippen molar-refractivity contribution in [3.05, 3.63) is 0 Å². The van der Waals surface area contributed by atoms with Gasteiger partial charge >= 0.3 is 0 Å². The van der Waals surface area contributed by atoms with Gasteiger partial charge in [-0.25, -0.2) is 0 Å². The number of hydrogen-bond donors (Lipinski definition) is 1. The summed E-state index contributed by atoms with van der Waals surface area (Å²) in [5.74, 6) is 0.728. The van der Waals surface area contributed by atoms with Crippen LogP contribution in [0.15, 0.2) is 0 Å². The van der Waals surface area contributed by atoms with Crippen LogP contribution >= 0.6 is 0 Å². The lowest BCUT2D eigenvalue weighted by Crippen LogP contribution is -2.37. The Morgan fingerprint density at radius 3 is 2.22 bits per heavy atom. The molecule has 0 spiro atoms. The summed E-state index contributed by atoms with van der Waals surface area (Å²) in [7, 11) is 1.65. The van der Waals surface area contributed by atoms with E-state index in [0.29, 0.717) is 26.4 Å². The zero-order valence-corrected chi connectivity index (χ0v) is 12.5. The minimum absolute atomic E-state index is 0.392. The number of rotatable bonds is 12. The quantitative estimate of drug-likeness (QED) is 0.544. The predicted molar refractivity (Wildman–Crippen MR) is 74.9 cm³/mol. The van der Waals surface area contributed by atoms with Gasteiger partial charge in [0, 0.05) is 20.2 Å². The van der Waals surface area contributed by atoms with Crippen LogP contribution in [0.4, 0.5) is 0 Å². The molecule has 110 valence electrons. The Morgan fingerprint density at radius 2 is 1.72 bits per heavy atom. The highest BCUT2D eigenvalue weighted by Crippen LogP contribution is 2.10. The Morgan fingerprint density at radius 1 is 1.06 bits per heavy atom. The van der Waals surface area contributed by atoms with E-state index < -0.39 is 6.10 Å². The van der Waals surface area contributed by atoms with E-state index in [2.05, 4.69) is 25.7 Å². The van der Waals surface area contributed by atoms with Gasteiger partial charge in [0.1, 0.15) is 0 Å². The Bertz CT molecular complexity index is 174. The summed E-state index contributed by atoms with van der Waals surface area (Å²) in [5.41, 5.74) is 0. The summed E-state index contributed by atoms with van der Waals surface area (Å²) in [4.78, 5) is 2.31. The second kappa shape index (κ2) is 11.9. The number of likely N-dealkylation sites (N-methyl/N-ethyl adjacent to an activating group) is 1. The Hall–Kier alpha value is -0.160. The summed E-state index contributed by atoms with van der Waals surface area (Å²) >= 11 is 0. The molecular formula is C14H31NO3. The van der Waals surface area contributed by atoms with Gasteiger partial charge in [0.05, 0.1) is 25.9 Å². The lowest BCUT2D eigenvalue weighted by Gasteiger charge is -2.27. The van der Waals surface area contributed by atoms with E-state index in [0.717, 1.165) is 19.0 Å². The van der Waals surface area contributed by atoms with Gasteiger partial charge in [-0.1, -0.05) is 33.6 Å². The molecule has 18 heavy (non-hydrogen) atoms. The van der Waals surface area contributed by atoms with E-state index in [1.54, 1.807) is 7.11 Å². The first kappa shape index (κ1) is 17.8. The fourth-order valence-corrected chi connectivity index (χ4v) is 1.96. The molecule has 0 aromatic rings. The van der Waals surface area contributed by atoms with Crippen LogP contribution in [0.1, 0.15) is 33.6 Å². The average Bonchev–Trinajstić information content (AvgIpc) is 2.39. The van der Waals surface area contributed by atoms with Crippen LogP contribution in [0.2, 0.25) is 0 Å². The van der Waals surface area contributed by atoms with E-state index in [4.69, 9.17) is 9.47 Å². The molecule has 0 radical (unpaired) electrons. The summed E-state index contributed by atoms with van der Waals surface area (Å²) in [6, 6.07) is 0. The van der Waals surface area contributed by atoms with Gasteiger partial charge in [-0.3, -0.25) is 0 Å². The molecule has 0 saturated carbocycles. The number of hydrogen-bond acceptors (Lipinski definition) is 4. The van der Waals surface area contributed by atoms with Crippen molar-refractivity contribution in [3.63, 3.8) is 0 Å². The van der Waals surface area contributed by atoms with Gasteiger partial charge < -0.3 is 19.5 Å². The maximum atomic E-state index is 9.90. The third kappa shape index (κ3) is 8.86. The van der Waals surface area contributed by atoms with Crippen LogP contribution in [0.5, 0.6) is 0 Å². The molecule has 0 rings (SSSR count). The molecule has 0 aromatic carbocycles. The van der Waals surface area contributed by atoms with Crippen LogP contribution in [0.3, 0.4) is 0 Å². The highest BCUT2D eigenvalue weighted by Gasteiger charge is 2.14. The van der Waals surface area contributed by atoms with Crippen molar-refractivity contribution in [2.24, 2.45) is 5.92 Å². The standard InChI is InChI=1S/C14H31NO3/c1-5-13(6-2)10-15(7-3)11-14(16)12-18-9-8-17-4/h13-14,16H,5-12H2,1-4H3. The van der Waals surface area contributed by atoms with E-state index in [1.165, 1.54) is 12.8 Å². The number of methoxy groups -OCH3 is 1. The van der Waals surface area contributed by atoms with Crippen molar-refractivity contribution in [2.75, 3.05) is 46.6 Å². The van der Waals surface area contributed by atoms with Gasteiger partial charge in [0.15, 0.2) is 0 Å². The molecule has 0 amide bonds. The minimum Gasteiger partial charge on any atom is -0.389 e. The number of aliphatic hydroxyl groups excluding tert-OH is 1. The van der Waals surface area contributed by atoms with Crippen LogP contribution < -0.4 is 0 Å². The highest BCUT2D eigenvalue weighted by molar-refractivity contribution is 4.67. The molecule has 0 fully saturated rings. The Balaban J connectivity index is 3.81. The van der Waals surface area contributed by atoms with E-state index in [1.807, 2.05) is 0 Å². The average molecular weight is 261 g/mol. The second-order valence-electron chi connectivity index (χ2n) is 4.76. The maximum Gasteiger partial charge on any atom is 0.0900 e. The molecule has 0 aliphatic heterocycles. The van der Waals surface area contributed by atoms with Crippen LogP contribution in [-0.2, 0) is 9.47 Å². The molecular weight excluding hydrogens is 230 g/mol. The molecule has 1 N–H and O–H groups in total. The molecule has 0 aromatic heterocycles. The highest BCUT2D eigenvalue weighted by atomic mass is 16.5. The Kier molecular flexibility index (Phi) is 11.8. The number of ether oxygens (including phenoxy) is 2. The van der Waals surface area contributed by atoms with Crippen LogP contribution in [0.25, 0.3) is 0 Å². The van der Waals surface area contributed by atoms with Gasteiger partial charge in [0.2, 0.25) is 0 Å². The smallest absolute Gasteiger partial charge is 0.0900 e. The van der Waals surface area contributed by atoms with Gasteiger partial charge in [-0.05, 0) is 12.5 Å². The largest absolute Gasteiger partial charge is 0.389 e. The summed E-state index contributed by atoms with van der Waals surface area (Å²) in [5, 5.41) is 9.90. The van der Waals surface area contributed by atoms with Gasteiger partial charge in [-0.15, -0.1) is 0 Å². The van der Waals surface area contributed by atoms with Crippen molar-refractivity contribution in [2.45, 2.75) is 39.7 Å². The monoisotopic (exact) mass is 261 g/mol. The molecule has 4 heteroatoms. The predicted octanol–water partition coefficient (Wildman–Crippen LogP) is 1.77. The second-order valence-corrected chi connectivity index (χ2v) is 4.76. The molecule has 0 aliphatic carbocycles. The maximum absolute atomic E-state index is 9.90. The van der Waals surface area contributed by atoms with Gasteiger partial charge in [0.25, 0.3) is 0 Å². The summed E-state index contributed by atoms with van der Waals surface area (Å²) in [6.07, 6.45) is 2.00. The van der Waals surface area contributed by atoms with E-state index in [-0.39, 0.29) is 0 Å². The fraction of sp³-hybridized carbons (Fsp3) is 1.00. The third-order valence-corrected chi connectivity index (χ3v) is 3.33. The molecule has 0 aliphatic rings. The fourth-order valence-electron chi connectivity index (χ4n) is 1.96. The van der Waals surface area contributed by atoms with E-state index in [9.17, 15) is 5.11 Å². The van der Waals surface area contributed by atoms with Crippen molar-refractivity contribution >= 4 is 0 Å². The minimum atomic E-state index is -0.406. The molecule has 0 heterocycles. The van der Waals surface area contributed by atoms with Crippen molar-refractivity contribution in [1.82, 2.24) is 4.90 Å². The molecule has 1 unspecified atom stereocenters. The van der Waals surface area contributed by atoms with Crippen molar-refractivity contribution < 1.29 is 14.6 Å².